The van der Waals surface area contributed by atoms with E-state index < -0.39 is 0 Å². The second kappa shape index (κ2) is 9.44. The van der Waals surface area contributed by atoms with Gasteiger partial charge in [-0.25, -0.2) is 0 Å². The molecule has 0 bridgehead atoms. The van der Waals surface area contributed by atoms with Gasteiger partial charge in [-0.15, -0.1) is 0 Å². The quantitative estimate of drug-likeness (QED) is 0.762. The van der Waals surface area contributed by atoms with E-state index in [9.17, 15) is 0 Å². The predicted molar refractivity (Wildman–Crippen MR) is 97.9 cm³/mol. The van der Waals surface area contributed by atoms with Gasteiger partial charge in [0.25, 0.3) is 0 Å². The van der Waals surface area contributed by atoms with E-state index in [4.69, 9.17) is 14.2 Å². The fraction of sp³-hybridized carbons (Fsp3) is 0.429. The van der Waals surface area contributed by atoms with Gasteiger partial charge in [-0.2, -0.15) is 0 Å². The summed E-state index contributed by atoms with van der Waals surface area (Å²) in [7, 11) is 0. The summed E-state index contributed by atoms with van der Waals surface area (Å²) in [6.07, 6.45) is 2.80. The molecule has 3 rings (SSSR count). The van der Waals surface area contributed by atoms with E-state index >= 15 is 0 Å². The molecule has 0 amide bonds. The Hall–Kier alpha value is -2.04. The van der Waals surface area contributed by atoms with Crippen molar-refractivity contribution in [2.75, 3.05) is 19.8 Å². The Bertz CT molecular complexity index is 639. The smallest absolute Gasteiger partial charge is 0.161 e. The van der Waals surface area contributed by atoms with Crippen LogP contribution in [0.5, 0.6) is 11.5 Å². The van der Waals surface area contributed by atoms with Crippen molar-refractivity contribution in [3.63, 3.8) is 0 Å². The number of quaternary nitrogens is 1. The predicted octanol–water partition coefficient (Wildman–Crippen LogP) is 2.91. The molecule has 0 aromatic heterocycles. The van der Waals surface area contributed by atoms with Crippen molar-refractivity contribution in [1.29, 1.82) is 0 Å². The molecule has 0 radical (unpaired) electrons. The lowest BCUT2D eigenvalue weighted by Gasteiger charge is -2.14. The molecule has 2 aromatic rings. The zero-order valence-corrected chi connectivity index (χ0v) is 14.9. The van der Waals surface area contributed by atoms with Crippen LogP contribution in [0.2, 0.25) is 0 Å². The Balaban J connectivity index is 1.57. The average Bonchev–Trinajstić information content (AvgIpc) is 3.16. The van der Waals surface area contributed by atoms with Crippen LogP contribution in [-0.2, 0) is 17.9 Å². The lowest BCUT2D eigenvalue weighted by Crippen LogP contribution is -2.84. The number of rotatable bonds is 9. The maximum atomic E-state index is 5.96. The topological polar surface area (TPSA) is 44.3 Å². The maximum absolute atomic E-state index is 5.96. The molecule has 4 heteroatoms. The Morgan fingerprint density at radius 1 is 1.04 bits per heavy atom. The van der Waals surface area contributed by atoms with E-state index in [0.717, 1.165) is 36.8 Å². The van der Waals surface area contributed by atoms with Gasteiger partial charge in [0.2, 0.25) is 0 Å². The Morgan fingerprint density at radius 3 is 2.68 bits per heavy atom. The molecule has 0 unspecified atom stereocenters. The molecule has 4 nitrogen and oxygen atoms in total. The summed E-state index contributed by atoms with van der Waals surface area (Å²) in [5.74, 6) is 1.62. The van der Waals surface area contributed by atoms with Gasteiger partial charge in [0.15, 0.2) is 11.5 Å². The van der Waals surface area contributed by atoms with E-state index in [1.807, 2.05) is 31.2 Å². The van der Waals surface area contributed by atoms with Gasteiger partial charge in [0.05, 0.1) is 6.61 Å². The van der Waals surface area contributed by atoms with Gasteiger partial charge in [0.1, 0.15) is 25.8 Å². The third-order valence-corrected chi connectivity index (χ3v) is 4.38. The van der Waals surface area contributed by atoms with Crippen LogP contribution in [0.25, 0.3) is 0 Å². The molecule has 2 aromatic carbocycles. The summed E-state index contributed by atoms with van der Waals surface area (Å²) in [6.45, 7) is 6.04. The molecule has 0 spiro atoms. The molecule has 1 aliphatic rings. The van der Waals surface area contributed by atoms with Crippen LogP contribution < -0.4 is 14.8 Å². The second-order valence-corrected chi connectivity index (χ2v) is 6.35. The van der Waals surface area contributed by atoms with Crippen LogP contribution in [0.4, 0.5) is 0 Å². The van der Waals surface area contributed by atoms with E-state index in [-0.39, 0.29) is 0 Å². The SMILES string of the molecule is CCOc1cc(C[NH2+]C[C@H]2CCCO2)ccc1OCc1ccccc1. The lowest BCUT2D eigenvalue weighted by atomic mass is 10.2. The first-order valence-electron chi connectivity index (χ1n) is 9.21. The van der Waals surface area contributed by atoms with Crippen molar-refractivity contribution in [3.05, 3.63) is 59.7 Å². The largest absolute Gasteiger partial charge is 0.490 e. The zero-order chi connectivity index (χ0) is 17.3. The van der Waals surface area contributed by atoms with Crippen LogP contribution >= 0.6 is 0 Å². The van der Waals surface area contributed by atoms with Crippen molar-refractivity contribution in [2.24, 2.45) is 0 Å². The fourth-order valence-corrected chi connectivity index (χ4v) is 3.07. The Kier molecular flexibility index (Phi) is 6.71. The molecule has 0 saturated carbocycles. The molecular weight excluding hydrogens is 314 g/mol. The summed E-state index contributed by atoms with van der Waals surface area (Å²) < 4.78 is 17.4. The van der Waals surface area contributed by atoms with E-state index in [1.165, 1.54) is 18.4 Å². The molecular formula is C21H28NO3+. The average molecular weight is 342 g/mol. The molecule has 1 aliphatic heterocycles. The number of hydrogen-bond acceptors (Lipinski definition) is 3. The van der Waals surface area contributed by atoms with Crippen LogP contribution in [-0.4, -0.2) is 25.9 Å². The lowest BCUT2D eigenvalue weighted by molar-refractivity contribution is -0.676. The molecule has 134 valence electrons. The third-order valence-electron chi connectivity index (χ3n) is 4.38. The van der Waals surface area contributed by atoms with Crippen molar-refractivity contribution < 1.29 is 19.5 Å². The minimum Gasteiger partial charge on any atom is -0.490 e. The highest BCUT2D eigenvalue weighted by Crippen LogP contribution is 2.29. The van der Waals surface area contributed by atoms with Gasteiger partial charge < -0.3 is 19.5 Å². The highest BCUT2D eigenvalue weighted by molar-refractivity contribution is 5.43. The summed E-state index contributed by atoms with van der Waals surface area (Å²) in [5.41, 5.74) is 2.40. The van der Waals surface area contributed by atoms with Crippen molar-refractivity contribution in [2.45, 2.75) is 39.0 Å². The highest BCUT2D eigenvalue weighted by atomic mass is 16.5. The van der Waals surface area contributed by atoms with Crippen LogP contribution in [0.15, 0.2) is 48.5 Å². The van der Waals surface area contributed by atoms with Gasteiger partial charge in [-0.05, 0) is 43.5 Å². The Labute approximate surface area is 150 Å². The molecule has 0 aliphatic carbocycles. The van der Waals surface area contributed by atoms with Gasteiger partial charge in [-0.3, -0.25) is 0 Å². The van der Waals surface area contributed by atoms with Gasteiger partial charge >= 0.3 is 0 Å². The maximum Gasteiger partial charge on any atom is 0.161 e. The third kappa shape index (κ3) is 5.48. The zero-order valence-electron chi connectivity index (χ0n) is 14.9. The van der Waals surface area contributed by atoms with Crippen molar-refractivity contribution in [3.8, 4) is 11.5 Å². The highest BCUT2D eigenvalue weighted by Gasteiger charge is 2.17. The molecule has 1 heterocycles. The van der Waals surface area contributed by atoms with Crippen molar-refractivity contribution in [1.82, 2.24) is 0 Å². The van der Waals surface area contributed by atoms with E-state index in [1.54, 1.807) is 0 Å². The monoisotopic (exact) mass is 342 g/mol. The normalized spacial score (nSPS) is 16.8. The number of benzene rings is 2. The van der Waals surface area contributed by atoms with E-state index in [2.05, 4.69) is 29.6 Å². The minimum atomic E-state index is 0.417. The summed E-state index contributed by atoms with van der Waals surface area (Å²) in [4.78, 5) is 0. The standard InChI is InChI=1S/C21H27NO3/c1-2-23-21-13-18(14-22-15-19-9-6-12-24-19)10-11-20(21)25-16-17-7-4-3-5-8-17/h3-5,7-8,10-11,13,19,22H,2,6,9,12,14-16H2,1H3/p+1/t19-/m1/s1. The summed E-state index contributed by atoms with van der Waals surface area (Å²) in [5, 5.41) is 2.31. The number of hydrogen-bond donors (Lipinski definition) is 1. The molecule has 1 atom stereocenters. The van der Waals surface area contributed by atoms with Crippen molar-refractivity contribution >= 4 is 0 Å². The molecule has 2 N–H and O–H groups in total. The molecule has 25 heavy (non-hydrogen) atoms. The first kappa shape index (κ1) is 17.8. The van der Waals surface area contributed by atoms with Gasteiger partial charge in [-0.1, -0.05) is 30.3 Å². The summed E-state index contributed by atoms with van der Waals surface area (Å²) in [6, 6.07) is 16.4. The summed E-state index contributed by atoms with van der Waals surface area (Å²) >= 11 is 0. The second-order valence-electron chi connectivity index (χ2n) is 6.35. The number of nitrogens with two attached hydrogens (primary N) is 1. The Morgan fingerprint density at radius 2 is 1.92 bits per heavy atom. The van der Waals surface area contributed by atoms with Gasteiger partial charge in [0, 0.05) is 12.2 Å². The van der Waals surface area contributed by atoms with Crippen LogP contribution in [0.3, 0.4) is 0 Å². The minimum absolute atomic E-state index is 0.417. The van der Waals surface area contributed by atoms with E-state index in [0.29, 0.717) is 19.3 Å². The van der Waals surface area contributed by atoms with Crippen LogP contribution in [0.1, 0.15) is 30.9 Å². The first-order valence-corrected chi connectivity index (χ1v) is 9.21. The van der Waals surface area contributed by atoms with Crippen LogP contribution in [0, 0.1) is 0 Å². The molecule has 1 fully saturated rings. The fourth-order valence-electron chi connectivity index (χ4n) is 3.07. The number of ether oxygens (including phenoxy) is 3. The first-order chi connectivity index (χ1) is 12.3. The molecule has 1 saturated heterocycles.